The van der Waals surface area contributed by atoms with Crippen LogP contribution in [0.5, 0.6) is 0 Å². The number of benzene rings is 1. The number of halogens is 1. The molecule has 2 aliphatic heterocycles. The van der Waals surface area contributed by atoms with Crippen molar-refractivity contribution in [1.29, 1.82) is 0 Å². The second-order valence-corrected chi connectivity index (χ2v) is 6.30. The summed E-state index contributed by atoms with van der Waals surface area (Å²) in [6.07, 6.45) is 7.41. The molecule has 0 saturated carbocycles. The van der Waals surface area contributed by atoms with Crippen LogP contribution >= 0.6 is 0 Å². The Hall–Kier alpha value is -1.32. The Balaban J connectivity index is 0.00000176. The van der Waals surface area contributed by atoms with E-state index in [9.17, 15) is 4.79 Å². The lowest BCUT2D eigenvalue weighted by molar-refractivity contribution is -0.911. The third-order valence-electron chi connectivity index (χ3n) is 4.92. The standard InChI is InChI=1S/C18H24N2O.ClH/c1-3-7-18(21)20(14-8-5-4-6-9-14)17-12-15-10-11-16(13-17)19(15)2;/h4-6,8-9,12,15-16H,3,7,10-11,13H2,1-2H3;1H. The smallest absolute Gasteiger partial charge is 0.231 e. The minimum Gasteiger partial charge on any atom is -1.00 e. The van der Waals surface area contributed by atoms with E-state index in [1.807, 2.05) is 35.2 Å². The van der Waals surface area contributed by atoms with E-state index in [0.29, 0.717) is 18.5 Å². The normalized spacial score (nSPS) is 26.1. The first-order valence-electron chi connectivity index (χ1n) is 8.12. The van der Waals surface area contributed by atoms with Crippen LogP contribution in [0.2, 0.25) is 0 Å². The zero-order valence-electron chi connectivity index (χ0n) is 13.4. The number of carbonyl (C=O) groups excluding carboxylic acids is 1. The summed E-state index contributed by atoms with van der Waals surface area (Å²) < 4.78 is 0. The van der Waals surface area contributed by atoms with Crippen molar-refractivity contribution in [2.24, 2.45) is 0 Å². The molecule has 3 rings (SSSR count). The lowest BCUT2D eigenvalue weighted by Gasteiger charge is -2.33. The first-order chi connectivity index (χ1) is 10.2. The molecular weight excluding hydrogens is 296 g/mol. The van der Waals surface area contributed by atoms with E-state index < -0.39 is 0 Å². The van der Waals surface area contributed by atoms with Crippen molar-refractivity contribution in [2.75, 3.05) is 11.9 Å². The van der Waals surface area contributed by atoms with Crippen LogP contribution < -0.4 is 22.2 Å². The largest absolute Gasteiger partial charge is 1.00 e. The molecule has 1 fully saturated rings. The molecule has 1 N–H and O–H groups in total. The highest BCUT2D eigenvalue weighted by atomic mass is 35.5. The van der Waals surface area contributed by atoms with Crippen molar-refractivity contribution in [3.05, 3.63) is 42.1 Å². The summed E-state index contributed by atoms with van der Waals surface area (Å²) in [6, 6.07) is 11.4. The Labute approximate surface area is 139 Å². The maximum absolute atomic E-state index is 12.6. The summed E-state index contributed by atoms with van der Waals surface area (Å²) in [4.78, 5) is 16.2. The Kier molecular flexibility index (Phi) is 5.65. The van der Waals surface area contributed by atoms with Crippen LogP contribution in [0.3, 0.4) is 0 Å². The fourth-order valence-corrected chi connectivity index (χ4v) is 3.71. The minimum absolute atomic E-state index is 0. The molecular formula is C18H25ClN2O. The number of nitrogens with one attached hydrogen (secondary N) is 1. The number of hydrogen-bond acceptors (Lipinski definition) is 1. The highest BCUT2D eigenvalue weighted by Crippen LogP contribution is 2.29. The van der Waals surface area contributed by atoms with Crippen LogP contribution in [0.1, 0.15) is 39.0 Å². The number of anilines is 1. The maximum Gasteiger partial charge on any atom is 0.231 e. The Morgan fingerprint density at radius 1 is 1.27 bits per heavy atom. The predicted molar refractivity (Wildman–Crippen MR) is 85.2 cm³/mol. The van der Waals surface area contributed by atoms with Gasteiger partial charge in [0.15, 0.2) is 0 Å². The van der Waals surface area contributed by atoms with Crippen molar-refractivity contribution < 1.29 is 22.1 Å². The molecule has 2 heterocycles. The van der Waals surface area contributed by atoms with Gasteiger partial charge in [-0.15, -0.1) is 0 Å². The van der Waals surface area contributed by atoms with Crippen LogP contribution in [-0.4, -0.2) is 25.0 Å². The van der Waals surface area contributed by atoms with Gasteiger partial charge in [-0.3, -0.25) is 9.69 Å². The van der Waals surface area contributed by atoms with Crippen molar-refractivity contribution in [3.8, 4) is 0 Å². The number of rotatable bonds is 4. The first kappa shape index (κ1) is 17.0. The van der Waals surface area contributed by atoms with Gasteiger partial charge < -0.3 is 17.3 Å². The summed E-state index contributed by atoms with van der Waals surface area (Å²) in [5.41, 5.74) is 2.24. The van der Waals surface area contributed by atoms with E-state index in [1.165, 1.54) is 18.5 Å². The average molecular weight is 321 g/mol. The van der Waals surface area contributed by atoms with Crippen LogP contribution in [0.25, 0.3) is 0 Å². The molecule has 3 nitrogen and oxygen atoms in total. The number of likely N-dealkylation sites (N-methyl/N-ethyl adjacent to an activating group) is 1. The number of para-hydroxylation sites is 1. The van der Waals surface area contributed by atoms with Gasteiger partial charge in [0.1, 0.15) is 6.04 Å². The van der Waals surface area contributed by atoms with Gasteiger partial charge in [-0.25, -0.2) is 0 Å². The lowest BCUT2D eigenvalue weighted by Crippen LogP contribution is -3.14. The third-order valence-corrected chi connectivity index (χ3v) is 4.92. The van der Waals surface area contributed by atoms with E-state index in [4.69, 9.17) is 0 Å². The zero-order valence-corrected chi connectivity index (χ0v) is 14.1. The highest BCUT2D eigenvalue weighted by Gasteiger charge is 2.40. The highest BCUT2D eigenvalue weighted by molar-refractivity contribution is 5.96. The van der Waals surface area contributed by atoms with E-state index >= 15 is 0 Å². The molecule has 0 spiro atoms. The number of hydrogen-bond donors (Lipinski definition) is 1. The van der Waals surface area contributed by atoms with Crippen LogP contribution in [0, 0.1) is 0 Å². The second kappa shape index (κ2) is 7.30. The van der Waals surface area contributed by atoms with Crippen molar-refractivity contribution >= 4 is 11.6 Å². The monoisotopic (exact) mass is 320 g/mol. The molecule has 4 heteroatoms. The number of quaternary nitrogens is 1. The van der Waals surface area contributed by atoms with E-state index in [0.717, 1.165) is 18.5 Å². The molecule has 22 heavy (non-hydrogen) atoms. The molecule has 3 atom stereocenters. The Morgan fingerprint density at radius 2 is 2.00 bits per heavy atom. The van der Waals surface area contributed by atoms with Gasteiger partial charge in [-0.1, -0.05) is 25.1 Å². The first-order valence-corrected chi connectivity index (χ1v) is 8.12. The topological polar surface area (TPSA) is 24.8 Å². The SMILES string of the molecule is CCCC(=O)N(C1=CC2CCC(C1)[NH+]2C)c1ccccc1.[Cl-]. The summed E-state index contributed by atoms with van der Waals surface area (Å²) >= 11 is 0. The summed E-state index contributed by atoms with van der Waals surface area (Å²) in [5, 5.41) is 0. The maximum atomic E-state index is 12.6. The van der Waals surface area contributed by atoms with Gasteiger partial charge in [0.05, 0.1) is 13.1 Å². The number of carbonyl (C=O) groups is 1. The molecule has 0 radical (unpaired) electrons. The molecule has 1 amide bonds. The molecule has 2 aliphatic rings. The lowest BCUT2D eigenvalue weighted by atomic mass is 10.0. The molecule has 120 valence electrons. The van der Waals surface area contributed by atoms with Crippen molar-refractivity contribution in [1.82, 2.24) is 0 Å². The predicted octanol–water partition coefficient (Wildman–Crippen LogP) is -0.843. The quantitative estimate of drug-likeness (QED) is 0.768. The zero-order chi connectivity index (χ0) is 14.8. The third kappa shape index (κ3) is 3.21. The van der Waals surface area contributed by atoms with Gasteiger partial charge in [0.25, 0.3) is 0 Å². The van der Waals surface area contributed by atoms with Gasteiger partial charge in [0.2, 0.25) is 5.91 Å². The molecule has 1 saturated heterocycles. The fraction of sp³-hybridized carbons (Fsp3) is 0.500. The fourth-order valence-electron chi connectivity index (χ4n) is 3.71. The molecule has 0 aromatic heterocycles. The van der Waals surface area contributed by atoms with Gasteiger partial charge in [-0.2, -0.15) is 0 Å². The number of fused-ring (bicyclic) bond motifs is 2. The average Bonchev–Trinajstić information content (AvgIpc) is 2.71. The molecule has 3 unspecified atom stereocenters. The minimum atomic E-state index is 0. The van der Waals surface area contributed by atoms with Gasteiger partial charge in [0, 0.05) is 37.1 Å². The van der Waals surface area contributed by atoms with Crippen molar-refractivity contribution in [2.45, 2.75) is 51.1 Å². The summed E-state index contributed by atoms with van der Waals surface area (Å²) in [7, 11) is 2.29. The van der Waals surface area contributed by atoms with E-state index in [2.05, 4.69) is 20.0 Å². The summed E-state index contributed by atoms with van der Waals surface area (Å²) in [6.45, 7) is 2.07. The summed E-state index contributed by atoms with van der Waals surface area (Å²) in [5.74, 6) is 0.230. The van der Waals surface area contributed by atoms with Gasteiger partial charge in [-0.05, 0) is 24.6 Å². The van der Waals surface area contributed by atoms with Crippen LogP contribution in [0.4, 0.5) is 5.69 Å². The Bertz CT molecular complexity index is 543. The van der Waals surface area contributed by atoms with Gasteiger partial charge >= 0.3 is 0 Å². The van der Waals surface area contributed by atoms with E-state index in [-0.39, 0.29) is 18.3 Å². The second-order valence-electron chi connectivity index (χ2n) is 6.30. The van der Waals surface area contributed by atoms with Crippen LogP contribution in [0.15, 0.2) is 42.1 Å². The molecule has 2 bridgehead atoms. The molecule has 1 aromatic carbocycles. The molecule has 1 aromatic rings. The van der Waals surface area contributed by atoms with Crippen LogP contribution in [-0.2, 0) is 4.79 Å². The Morgan fingerprint density at radius 3 is 2.64 bits per heavy atom. The molecule has 0 aliphatic carbocycles. The van der Waals surface area contributed by atoms with Crippen molar-refractivity contribution in [3.63, 3.8) is 0 Å². The van der Waals surface area contributed by atoms with E-state index in [1.54, 1.807) is 4.90 Å². The number of amides is 1. The number of nitrogens with zero attached hydrogens (tertiary/aromatic N) is 1.